The Labute approximate surface area is 115 Å². The predicted molar refractivity (Wildman–Crippen MR) is 70.7 cm³/mol. The summed E-state index contributed by atoms with van der Waals surface area (Å²) in [6.07, 6.45) is 2.03. The molecule has 1 aromatic heterocycles. The second-order valence-corrected chi connectivity index (χ2v) is 6.58. The molecule has 0 aliphatic rings. The maximum atomic E-state index is 12.1. The number of rotatable bonds is 7. The number of carboxylic acids is 1. The summed E-state index contributed by atoms with van der Waals surface area (Å²) in [5, 5.41) is 12.6. The zero-order chi connectivity index (χ0) is 14.6. The molecule has 7 nitrogen and oxygen atoms in total. The summed E-state index contributed by atoms with van der Waals surface area (Å²) in [6.45, 7) is 2.95. The van der Waals surface area contributed by atoms with Crippen molar-refractivity contribution in [2.45, 2.75) is 31.2 Å². The van der Waals surface area contributed by atoms with E-state index in [1.54, 1.807) is 0 Å². The van der Waals surface area contributed by atoms with E-state index in [1.165, 1.54) is 25.6 Å². The predicted octanol–water partition coefficient (Wildman–Crippen LogP) is 0.776. The zero-order valence-corrected chi connectivity index (χ0v) is 12.5. The molecule has 0 aliphatic heterocycles. The lowest BCUT2D eigenvalue weighted by Gasteiger charge is -2.13. The molecule has 1 rings (SSSR count). The number of carboxylic acid groups (broad SMARTS) is 1. The van der Waals surface area contributed by atoms with E-state index in [9.17, 15) is 13.2 Å². The van der Waals surface area contributed by atoms with Crippen molar-refractivity contribution >= 4 is 27.8 Å². The molecule has 19 heavy (non-hydrogen) atoms. The van der Waals surface area contributed by atoms with Crippen molar-refractivity contribution in [1.29, 1.82) is 0 Å². The van der Waals surface area contributed by atoms with Crippen LogP contribution in [0.25, 0.3) is 0 Å². The van der Waals surface area contributed by atoms with E-state index in [4.69, 9.17) is 9.63 Å². The lowest BCUT2D eigenvalue weighted by molar-refractivity contribution is -0.139. The Kier molecular flexibility index (Phi) is 5.39. The van der Waals surface area contributed by atoms with Gasteiger partial charge in [0.05, 0.1) is 0 Å². The van der Waals surface area contributed by atoms with Crippen LogP contribution in [0, 0.1) is 13.8 Å². The highest BCUT2D eigenvalue weighted by Crippen LogP contribution is 2.19. The van der Waals surface area contributed by atoms with Crippen LogP contribution in [-0.2, 0) is 14.8 Å². The van der Waals surface area contributed by atoms with Crippen LogP contribution in [0.3, 0.4) is 0 Å². The number of aromatic nitrogens is 1. The van der Waals surface area contributed by atoms with Crippen molar-refractivity contribution in [2.75, 3.05) is 12.0 Å². The summed E-state index contributed by atoms with van der Waals surface area (Å²) in [7, 11) is -3.95. The fraction of sp³-hybridized carbons (Fsp3) is 0.600. The van der Waals surface area contributed by atoms with Crippen molar-refractivity contribution in [3.05, 3.63) is 11.5 Å². The summed E-state index contributed by atoms with van der Waals surface area (Å²) in [4.78, 5) is 11.0. The van der Waals surface area contributed by atoms with Gasteiger partial charge in [-0.3, -0.25) is 4.79 Å². The number of aliphatic carboxylic acids is 1. The minimum absolute atomic E-state index is 0.0945. The molecular weight excluding hydrogens is 292 g/mol. The second kappa shape index (κ2) is 6.40. The van der Waals surface area contributed by atoms with E-state index in [0.29, 0.717) is 5.75 Å². The smallest absolute Gasteiger partial charge is 0.321 e. The lowest BCUT2D eigenvalue weighted by Crippen LogP contribution is -2.41. The van der Waals surface area contributed by atoms with Crippen molar-refractivity contribution in [3.63, 3.8) is 0 Å². The number of nitrogens with one attached hydrogen (secondary N) is 1. The molecule has 0 saturated carbocycles. The molecule has 9 heteroatoms. The molecule has 2 N–H and O–H groups in total. The molecule has 0 spiro atoms. The molecule has 0 amide bonds. The van der Waals surface area contributed by atoms with Crippen LogP contribution in [0.2, 0.25) is 0 Å². The number of thioether (sulfide) groups is 1. The van der Waals surface area contributed by atoms with E-state index < -0.39 is 22.0 Å². The fourth-order valence-electron chi connectivity index (χ4n) is 1.57. The number of hydrogen-bond donors (Lipinski definition) is 2. The quantitative estimate of drug-likeness (QED) is 0.765. The number of sulfonamides is 1. The summed E-state index contributed by atoms with van der Waals surface area (Å²) in [5.41, 5.74) is 0.207. The first kappa shape index (κ1) is 16.0. The van der Waals surface area contributed by atoms with E-state index in [1.807, 2.05) is 6.26 Å². The van der Waals surface area contributed by atoms with Gasteiger partial charge in [-0.15, -0.1) is 0 Å². The van der Waals surface area contributed by atoms with Gasteiger partial charge < -0.3 is 9.63 Å². The Morgan fingerprint density at radius 1 is 1.53 bits per heavy atom. The Bertz CT molecular complexity index is 533. The van der Waals surface area contributed by atoms with E-state index in [2.05, 4.69) is 9.88 Å². The summed E-state index contributed by atoms with van der Waals surface area (Å²) in [6, 6.07) is -1.16. The molecule has 0 saturated heterocycles. The van der Waals surface area contributed by atoms with Gasteiger partial charge in [0.25, 0.3) is 0 Å². The number of carbonyl (C=O) groups is 1. The third-order valence-electron chi connectivity index (χ3n) is 2.44. The highest BCUT2D eigenvalue weighted by molar-refractivity contribution is 7.98. The molecule has 0 radical (unpaired) electrons. The summed E-state index contributed by atoms with van der Waals surface area (Å²) < 4.78 is 31.2. The molecule has 1 aromatic rings. The highest BCUT2D eigenvalue weighted by Gasteiger charge is 2.29. The van der Waals surface area contributed by atoms with Crippen LogP contribution >= 0.6 is 11.8 Å². The third kappa shape index (κ3) is 3.95. The Hall–Kier alpha value is -1.06. The van der Waals surface area contributed by atoms with Gasteiger partial charge in [0, 0.05) is 0 Å². The van der Waals surface area contributed by atoms with Crippen molar-refractivity contribution < 1.29 is 22.8 Å². The molecule has 1 heterocycles. The van der Waals surface area contributed by atoms with Crippen LogP contribution in [0.15, 0.2) is 9.42 Å². The average molecular weight is 308 g/mol. The van der Waals surface area contributed by atoms with E-state index >= 15 is 0 Å². The number of nitrogens with zero attached hydrogens (tertiary/aromatic N) is 1. The van der Waals surface area contributed by atoms with Gasteiger partial charge in [-0.05, 0) is 32.3 Å². The monoisotopic (exact) mass is 308 g/mol. The van der Waals surface area contributed by atoms with Crippen molar-refractivity contribution in [1.82, 2.24) is 9.88 Å². The van der Waals surface area contributed by atoms with Crippen LogP contribution in [-0.4, -0.2) is 42.7 Å². The van der Waals surface area contributed by atoms with Gasteiger partial charge in [0.15, 0.2) is 5.76 Å². The number of aryl methyl sites for hydroxylation is 2. The lowest BCUT2D eigenvalue weighted by atomic mass is 10.2. The first-order valence-electron chi connectivity index (χ1n) is 5.46. The molecule has 0 bridgehead atoms. The molecule has 0 fully saturated rings. The number of hydrogen-bond acceptors (Lipinski definition) is 6. The Morgan fingerprint density at radius 3 is 2.58 bits per heavy atom. The van der Waals surface area contributed by atoms with Gasteiger partial charge in [-0.25, -0.2) is 8.42 Å². The van der Waals surface area contributed by atoms with Gasteiger partial charge >= 0.3 is 5.97 Å². The van der Waals surface area contributed by atoms with E-state index in [-0.39, 0.29) is 22.8 Å². The molecule has 0 aliphatic carbocycles. The molecular formula is C10H16N2O5S2. The van der Waals surface area contributed by atoms with Gasteiger partial charge in [-0.1, -0.05) is 5.16 Å². The van der Waals surface area contributed by atoms with Gasteiger partial charge in [0.1, 0.15) is 16.6 Å². The van der Waals surface area contributed by atoms with Gasteiger partial charge in [-0.2, -0.15) is 16.5 Å². The Balaban J connectivity index is 2.98. The van der Waals surface area contributed by atoms with E-state index in [0.717, 1.165) is 0 Å². The zero-order valence-electron chi connectivity index (χ0n) is 10.8. The molecule has 0 unspecified atom stereocenters. The molecule has 0 aromatic carbocycles. The first-order chi connectivity index (χ1) is 8.79. The Morgan fingerprint density at radius 2 is 2.16 bits per heavy atom. The molecule has 1 atom stereocenters. The maximum absolute atomic E-state index is 12.1. The van der Waals surface area contributed by atoms with Crippen molar-refractivity contribution in [2.24, 2.45) is 0 Å². The minimum Gasteiger partial charge on any atom is -0.480 e. The standard InChI is InChI=1S/C10H16N2O5S2/c1-6-9(7(2)17-11-6)19(15,16)12-8(10(13)14)4-5-18-3/h8,12H,4-5H2,1-3H3,(H,13,14)/t8-/m1/s1. The average Bonchev–Trinajstić information content (AvgIpc) is 2.64. The van der Waals surface area contributed by atoms with Crippen LogP contribution < -0.4 is 4.72 Å². The largest absolute Gasteiger partial charge is 0.480 e. The summed E-state index contributed by atoms with van der Waals surface area (Å²) in [5.74, 6) is -0.524. The minimum atomic E-state index is -3.95. The maximum Gasteiger partial charge on any atom is 0.321 e. The highest BCUT2D eigenvalue weighted by atomic mass is 32.2. The van der Waals surface area contributed by atoms with Gasteiger partial charge in [0.2, 0.25) is 10.0 Å². The van der Waals surface area contributed by atoms with Crippen LogP contribution in [0.4, 0.5) is 0 Å². The van der Waals surface area contributed by atoms with Crippen LogP contribution in [0.1, 0.15) is 17.9 Å². The fourth-order valence-corrected chi connectivity index (χ4v) is 3.60. The second-order valence-electron chi connectivity index (χ2n) is 3.95. The van der Waals surface area contributed by atoms with Crippen LogP contribution in [0.5, 0.6) is 0 Å². The first-order valence-corrected chi connectivity index (χ1v) is 8.34. The summed E-state index contributed by atoms with van der Waals surface area (Å²) >= 11 is 1.45. The normalized spacial score (nSPS) is 13.4. The molecule has 108 valence electrons. The topological polar surface area (TPSA) is 110 Å². The SMILES string of the molecule is CSCC[C@@H](NS(=O)(=O)c1c(C)noc1C)C(=O)O. The van der Waals surface area contributed by atoms with Crippen molar-refractivity contribution in [3.8, 4) is 0 Å². The third-order valence-corrected chi connectivity index (χ3v) is 4.80.